The molecule has 1 saturated heterocycles. The van der Waals surface area contributed by atoms with Gasteiger partial charge in [-0.2, -0.15) is 0 Å². The molecule has 2 aliphatic rings. The topological polar surface area (TPSA) is 75.7 Å². The predicted octanol–water partition coefficient (Wildman–Crippen LogP) is 2.93. The van der Waals surface area contributed by atoms with Crippen molar-refractivity contribution in [2.24, 2.45) is 0 Å². The van der Waals surface area contributed by atoms with Crippen LogP contribution in [0.15, 0.2) is 30.5 Å². The smallest absolute Gasteiger partial charge is 0.253 e. The summed E-state index contributed by atoms with van der Waals surface area (Å²) >= 11 is 1.76. The van der Waals surface area contributed by atoms with Gasteiger partial charge in [0.05, 0.1) is 30.3 Å². The number of ether oxygens (including phenoxy) is 1. The fourth-order valence-electron chi connectivity index (χ4n) is 4.08. The van der Waals surface area contributed by atoms with Crippen LogP contribution < -0.4 is 10.8 Å². The van der Waals surface area contributed by atoms with E-state index in [4.69, 9.17) is 9.57 Å². The summed E-state index contributed by atoms with van der Waals surface area (Å²) in [5, 5.41) is 3.28. The number of nitrogens with one attached hydrogen (secondary N) is 2. The van der Waals surface area contributed by atoms with Gasteiger partial charge in [-0.15, -0.1) is 11.3 Å². The summed E-state index contributed by atoms with van der Waals surface area (Å²) in [6.45, 7) is 4.93. The van der Waals surface area contributed by atoms with Crippen LogP contribution in [0.2, 0.25) is 0 Å². The Labute approximate surface area is 188 Å². The van der Waals surface area contributed by atoms with Gasteiger partial charge in [-0.1, -0.05) is 6.07 Å². The first-order valence-electron chi connectivity index (χ1n) is 11.1. The van der Waals surface area contributed by atoms with Gasteiger partial charge in [-0.25, -0.2) is 5.48 Å². The maximum Gasteiger partial charge on any atom is 0.253 e. The van der Waals surface area contributed by atoms with Crippen molar-refractivity contribution >= 4 is 17.2 Å². The molecule has 0 aromatic carbocycles. The van der Waals surface area contributed by atoms with Crippen LogP contribution in [0.3, 0.4) is 0 Å². The molecule has 4 rings (SSSR count). The van der Waals surface area contributed by atoms with E-state index in [1.54, 1.807) is 18.4 Å². The van der Waals surface area contributed by atoms with Crippen molar-refractivity contribution in [1.82, 2.24) is 20.7 Å². The van der Waals surface area contributed by atoms with Crippen LogP contribution in [0, 0.1) is 0 Å². The van der Waals surface area contributed by atoms with E-state index in [1.165, 1.54) is 15.3 Å². The number of amides is 1. The van der Waals surface area contributed by atoms with Crippen LogP contribution in [0.5, 0.6) is 0 Å². The summed E-state index contributed by atoms with van der Waals surface area (Å²) in [6, 6.07) is 8.63. The van der Waals surface area contributed by atoms with E-state index in [1.807, 2.05) is 18.3 Å². The van der Waals surface area contributed by atoms with E-state index < -0.39 is 0 Å². The quantitative estimate of drug-likeness (QED) is 0.434. The van der Waals surface area contributed by atoms with E-state index in [-0.39, 0.29) is 18.1 Å². The third kappa shape index (κ3) is 5.51. The Morgan fingerprint density at radius 3 is 3.00 bits per heavy atom. The Balaban J connectivity index is 1.57. The van der Waals surface area contributed by atoms with Crippen LogP contribution in [-0.4, -0.2) is 61.3 Å². The van der Waals surface area contributed by atoms with E-state index in [0.29, 0.717) is 19.2 Å². The molecular formula is C23H32N4O3S. The molecule has 168 valence electrons. The molecule has 1 amide bonds. The van der Waals surface area contributed by atoms with Gasteiger partial charge in [0.15, 0.2) is 0 Å². The maximum absolute atomic E-state index is 13.3. The number of hydrogen-bond acceptors (Lipinski definition) is 7. The average Bonchev–Trinajstić information content (AvgIpc) is 3.55. The molecule has 1 aliphatic heterocycles. The van der Waals surface area contributed by atoms with Gasteiger partial charge in [-0.3, -0.25) is 9.78 Å². The van der Waals surface area contributed by atoms with Crippen molar-refractivity contribution in [2.75, 3.05) is 33.4 Å². The average molecular weight is 445 g/mol. The molecule has 2 N–H and O–H groups in total. The van der Waals surface area contributed by atoms with Crippen molar-refractivity contribution < 1.29 is 14.4 Å². The number of morpholine rings is 1. The highest BCUT2D eigenvalue weighted by Crippen LogP contribution is 2.41. The minimum Gasteiger partial charge on any atom is -0.366 e. The molecule has 0 spiro atoms. The van der Waals surface area contributed by atoms with Crippen molar-refractivity contribution in [2.45, 2.75) is 50.8 Å². The number of aromatic nitrogens is 1. The third-order valence-corrected chi connectivity index (χ3v) is 7.19. The molecule has 7 nitrogen and oxygen atoms in total. The third-order valence-electron chi connectivity index (χ3n) is 5.82. The minimum absolute atomic E-state index is 0.0174. The highest BCUT2D eigenvalue weighted by molar-refractivity contribution is 7.15. The molecule has 1 aliphatic carbocycles. The number of nitrogens with zero attached hydrogens (tertiary/aromatic N) is 2. The Morgan fingerprint density at radius 2 is 2.32 bits per heavy atom. The lowest BCUT2D eigenvalue weighted by molar-refractivity contribution is -0.148. The molecule has 8 heteroatoms. The van der Waals surface area contributed by atoms with E-state index in [9.17, 15) is 4.79 Å². The number of aryl methyl sites for hydroxylation is 1. The van der Waals surface area contributed by atoms with E-state index >= 15 is 0 Å². The second-order valence-corrected chi connectivity index (χ2v) is 9.22. The first-order valence-corrected chi connectivity index (χ1v) is 11.9. The number of thiophene rings is 1. The zero-order valence-electron chi connectivity index (χ0n) is 18.3. The minimum atomic E-state index is -0.383. The van der Waals surface area contributed by atoms with Crippen LogP contribution >= 0.6 is 11.3 Å². The summed E-state index contributed by atoms with van der Waals surface area (Å²) in [7, 11) is 1.64. The lowest BCUT2D eigenvalue weighted by Gasteiger charge is -2.33. The summed E-state index contributed by atoms with van der Waals surface area (Å²) < 4.78 is 5.78. The fourth-order valence-corrected chi connectivity index (χ4v) is 5.31. The number of pyridine rings is 1. The lowest BCUT2D eigenvalue weighted by Crippen LogP contribution is -2.50. The van der Waals surface area contributed by atoms with Gasteiger partial charge in [0.25, 0.3) is 5.91 Å². The number of carbonyl (C=O) groups is 1. The molecule has 1 saturated carbocycles. The molecule has 3 heterocycles. The summed E-state index contributed by atoms with van der Waals surface area (Å²) in [5.74, 6) is 0.112. The Bertz CT molecular complexity index is 850. The second-order valence-electron chi connectivity index (χ2n) is 8.14. The molecular weight excluding hydrogens is 412 g/mol. The van der Waals surface area contributed by atoms with Crippen LogP contribution in [0.25, 0.3) is 10.6 Å². The summed E-state index contributed by atoms with van der Waals surface area (Å²) in [6.07, 6.45) is 5.49. The molecule has 0 unspecified atom stereocenters. The van der Waals surface area contributed by atoms with Crippen molar-refractivity contribution in [3.05, 3.63) is 40.9 Å². The Morgan fingerprint density at radius 1 is 1.45 bits per heavy atom. The largest absolute Gasteiger partial charge is 0.366 e. The summed E-state index contributed by atoms with van der Waals surface area (Å²) in [5.41, 5.74) is 5.19. The first-order chi connectivity index (χ1) is 15.2. The molecule has 2 aromatic rings. The van der Waals surface area contributed by atoms with Gasteiger partial charge in [0.2, 0.25) is 0 Å². The van der Waals surface area contributed by atoms with E-state index in [0.717, 1.165) is 44.5 Å². The molecule has 0 radical (unpaired) electrons. The second kappa shape index (κ2) is 10.7. The van der Waals surface area contributed by atoms with Gasteiger partial charge in [0.1, 0.15) is 6.10 Å². The van der Waals surface area contributed by atoms with Gasteiger partial charge in [-0.05, 0) is 56.4 Å². The fraction of sp³-hybridized carbons (Fsp3) is 0.565. The predicted molar refractivity (Wildman–Crippen MR) is 122 cm³/mol. The Kier molecular flexibility index (Phi) is 7.68. The zero-order valence-corrected chi connectivity index (χ0v) is 19.1. The van der Waals surface area contributed by atoms with Crippen molar-refractivity contribution in [3.8, 4) is 10.6 Å². The number of carbonyl (C=O) groups excluding carboxylic acids is 1. The highest BCUT2D eigenvalue weighted by Gasteiger charge is 2.40. The van der Waals surface area contributed by atoms with Crippen molar-refractivity contribution in [1.29, 1.82) is 0 Å². The van der Waals surface area contributed by atoms with Crippen LogP contribution in [0.1, 0.15) is 42.7 Å². The standard InChI is InChI=1S/C23H32N4O3S/c1-16(27(18-8-9-18)23(28)20-15-24-12-13-30-20)21-14-17(6-5-11-26-29-2)22(31-21)19-7-3-4-10-25-19/h3-4,7,10,14,16,18,20,24,26H,5-6,8-9,11-13,15H2,1-2H3/t16-,20-/m1/s1. The van der Waals surface area contributed by atoms with Gasteiger partial charge >= 0.3 is 0 Å². The van der Waals surface area contributed by atoms with Gasteiger partial charge < -0.3 is 19.8 Å². The van der Waals surface area contributed by atoms with E-state index in [2.05, 4.69) is 39.7 Å². The van der Waals surface area contributed by atoms with Crippen LogP contribution in [0.4, 0.5) is 0 Å². The lowest BCUT2D eigenvalue weighted by atomic mass is 10.1. The highest BCUT2D eigenvalue weighted by atomic mass is 32.1. The van der Waals surface area contributed by atoms with Gasteiger partial charge in [0, 0.05) is 36.8 Å². The van der Waals surface area contributed by atoms with Crippen LogP contribution in [-0.2, 0) is 20.8 Å². The normalized spacial score (nSPS) is 19.9. The molecule has 2 aromatic heterocycles. The molecule has 2 fully saturated rings. The zero-order chi connectivity index (χ0) is 21.6. The first kappa shape index (κ1) is 22.4. The Hall–Kier alpha value is -1.84. The number of rotatable bonds is 10. The molecule has 2 atom stereocenters. The monoisotopic (exact) mass is 444 g/mol. The van der Waals surface area contributed by atoms with Crippen molar-refractivity contribution in [3.63, 3.8) is 0 Å². The maximum atomic E-state index is 13.3. The number of hydroxylamine groups is 1. The molecule has 31 heavy (non-hydrogen) atoms. The summed E-state index contributed by atoms with van der Waals surface area (Å²) in [4.78, 5) is 27.4. The molecule has 0 bridgehead atoms. The SMILES string of the molecule is CONCCCc1cc([C@@H](C)N(C(=O)[C@H]2CNCCO2)C2CC2)sc1-c1ccccn1. The number of hydrogen-bond donors (Lipinski definition) is 2.